The molecule has 5 aromatic rings. The smallest absolute Gasteiger partial charge is 0.320 e. The Morgan fingerprint density at radius 1 is 1.00 bits per heavy atom. The number of para-hydroxylation sites is 1. The van der Waals surface area contributed by atoms with Crippen molar-refractivity contribution in [2.24, 2.45) is 14.1 Å². The maximum Gasteiger partial charge on any atom is 0.332 e. The molecule has 0 saturated carbocycles. The number of halogens is 1. The molecule has 0 atom stereocenters. The number of fused-ring (bicyclic) bond motifs is 1. The van der Waals surface area contributed by atoms with E-state index in [1.165, 1.54) is 47.9 Å². The molecule has 0 saturated heterocycles. The first-order valence-electron chi connectivity index (χ1n) is 10.2. The first kappa shape index (κ1) is 21.1. The summed E-state index contributed by atoms with van der Waals surface area (Å²) in [5.41, 5.74) is -0.215. The molecule has 1 N–H and O–H groups in total. The predicted octanol–water partition coefficient (Wildman–Crippen LogP) is 2.00. The van der Waals surface area contributed by atoms with Crippen molar-refractivity contribution < 1.29 is 9.18 Å². The van der Waals surface area contributed by atoms with Crippen LogP contribution in [0.1, 0.15) is 10.4 Å². The number of anilines is 1. The Morgan fingerprint density at radius 2 is 1.74 bits per heavy atom. The summed E-state index contributed by atoms with van der Waals surface area (Å²) in [7, 11) is 2.88. The van der Waals surface area contributed by atoms with Crippen molar-refractivity contribution in [2.75, 3.05) is 5.32 Å². The molecule has 4 aromatic heterocycles. The number of nitrogens with zero attached hydrogens (tertiary/aromatic N) is 6. The molecule has 0 bridgehead atoms. The monoisotopic (exact) mass is 459 g/mol. The van der Waals surface area contributed by atoms with Crippen molar-refractivity contribution in [3.63, 3.8) is 0 Å². The summed E-state index contributed by atoms with van der Waals surface area (Å²) in [6.45, 7) is 0. The maximum absolute atomic E-state index is 14.5. The Balaban J connectivity index is 1.59. The fourth-order valence-corrected chi connectivity index (χ4v) is 3.76. The third-order valence-corrected chi connectivity index (χ3v) is 5.47. The minimum absolute atomic E-state index is 0.174. The second-order valence-electron chi connectivity index (χ2n) is 7.59. The minimum Gasteiger partial charge on any atom is -0.320 e. The van der Waals surface area contributed by atoms with Gasteiger partial charge in [-0.05, 0) is 30.3 Å². The summed E-state index contributed by atoms with van der Waals surface area (Å²) in [4.78, 5) is 42.1. The summed E-state index contributed by atoms with van der Waals surface area (Å²) in [6, 6.07) is 11.1. The van der Waals surface area contributed by atoms with Crippen LogP contribution in [0.4, 0.5) is 10.1 Å². The summed E-state index contributed by atoms with van der Waals surface area (Å²) >= 11 is 0. The SMILES string of the molecule is Cn1c(=O)c2cc(NC(=O)c3cnn(-c4ccccc4F)c3-n3cccc3)cnc2n(C)c1=O. The lowest BCUT2D eigenvalue weighted by Crippen LogP contribution is -2.37. The lowest BCUT2D eigenvalue weighted by Gasteiger charge is -2.12. The molecule has 1 amide bonds. The molecule has 170 valence electrons. The molecule has 0 fully saturated rings. The first-order chi connectivity index (χ1) is 16.4. The molecule has 10 nitrogen and oxygen atoms in total. The second kappa shape index (κ2) is 7.96. The summed E-state index contributed by atoms with van der Waals surface area (Å²) < 4.78 is 19.7. The van der Waals surface area contributed by atoms with Gasteiger partial charge in [-0.15, -0.1) is 0 Å². The van der Waals surface area contributed by atoms with Crippen LogP contribution in [0.3, 0.4) is 0 Å². The van der Waals surface area contributed by atoms with E-state index in [-0.39, 0.29) is 28.0 Å². The van der Waals surface area contributed by atoms with Gasteiger partial charge in [0.25, 0.3) is 11.5 Å². The van der Waals surface area contributed by atoms with Gasteiger partial charge in [-0.2, -0.15) is 5.10 Å². The van der Waals surface area contributed by atoms with Crippen LogP contribution in [0, 0.1) is 5.82 Å². The zero-order valence-corrected chi connectivity index (χ0v) is 18.1. The quantitative estimate of drug-likeness (QED) is 0.442. The number of aromatic nitrogens is 6. The molecule has 5 rings (SSSR count). The van der Waals surface area contributed by atoms with Crippen molar-refractivity contribution in [1.82, 2.24) is 28.5 Å². The Bertz CT molecular complexity index is 1680. The van der Waals surface area contributed by atoms with E-state index >= 15 is 0 Å². The average molecular weight is 459 g/mol. The molecule has 0 aliphatic carbocycles. The highest BCUT2D eigenvalue weighted by atomic mass is 19.1. The number of amides is 1. The topological polar surface area (TPSA) is 109 Å². The largest absolute Gasteiger partial charge is 0.332 e. The molecular formula is C23H18FN7O3. The van der Waals surface area contributed by atoms with Crippen LogP contribution in [0.15, 0.2) is 76.8 Å². The lowest BCUT2D eigenvalue weighted by atomic mass is 10.2. The van der Waals surface area contributed by atoms with Crippen molar-refractivity contribution in [3.05, 3.63) is 99.5 Å². The van der Waals surface area contributed by atoms with Crippen molar-refractivity contribution in [2.45, 2.75) is 0 Å². The Kier molecular flexibility index (Phi) is 4.93. The Morgan fingerprint density at radius 3 is 2.47 bits per heavy atom. The molecule has 0 aliphatic rings. The fraction of sp³-hybridized carbons (Fsp3) is 0.0870. The van der Waals surface area contributed by atoms with Crippen molar-refractivity contribution in [1.29, 1.82) is 0 Å². The van der Waals surface area contributed by atoms with E-state index in [0.717, 1.165) is 4.57 Å². The Labute approximate surface area is 191 Å². The van der Waals surface area contributed by atoms with E-state index < -0.39 is 23.0 Å². The van der Waals surface area contributed by atoms with E-state index in [0.29, 0.717) is 5.82 Å². The van der Waals surface area contributed by atoms with Gasteiger partial charge < -0.3 is 9.88 Å². The predicted molar refractivity (Wildman–Crippen MR) is 123 cm³/mol. The highest BCUT2D eigenvalue weighted by Gasteiger charge is 2.22. The van der Waals surface area contributed by atoms with Crippen molar-refractivity contribution >= 4 is 22.6 Å². The first-order valence-corrected chi connectivity index (χ1v) is 10.2. The van der Waals surface area contributed by atoms with E-state index in [9.17, 15) is 18.8 Å². The molecule has 4 heterocycles. The van der Waals surface area contributed by atoms with Gasteiger partial charge in [-0.1, -0.05) is 12.1 Å². The van der Waals surface area contributed by atoms with Crippen LogP contribution in [-0.4, -0.2) is 34.4 Å². The van der Waals surface area contributed by atoms with Gasteiger partial charge in [0.05, 0.1) is 23.5 Å². The highest BCUT2D eigenvalue weighted by molar-refractivity contribution is 6.06. The van der Waals surface area contributed by atoms with E-state index in [4.69, 9.17) is 0 Å². The molecule has 0 aliphatic heterocycles. The Hall–Kier alpha value is -4.80. The average Bonchev–Trinajstić information content (AvgIpc) is 3.51. The van der Waals surface area contributed by atoms with Crippen LogP contribution in [0.5, 0.6) is 0 Å². The molecule has 0 radical (unpaired) electrons. The zero-order valence-electron chi connectivity index (χ0n) is 18.1. The highest BCUT2D eigenvalue weighted by Crippen LogP contribution is 2.23. The van der Waals surface area contributed by atoms with E-state index in [1.54, 1.807) is 47.3 Å². The third-order valence-electron chi connectivity index (χ3n) is 5.47. The van der Waals surface area contributed by atoms with Gasteiger partial charge in [0.2, 0.25) is 0 Å². The third kappa shape index (κ3) is 3.30. The molecule has 11 heteroatoms. The minimum atomic E-state index is -0.533. The summed E-state index contributed by atoms with van der Waals surface area (Å²) in [5, 5.41) is 7.14. The van der Waals surface area contributed by atoms with Crippen LogP contribution < -0.4 is 16.6 Å². The number of hydrogen-bond donors (Lipinski definition) is 1. The number of carbonyl (C=O) groups is 1. The normalized spacial score (nSPS) is 11.1. The van der Waals surface area contributed by atoms with Crippen LogP contribution in [-0.2, 0) is 14.1 Å². The van der Waals surface area contributed by atoms with Gasteiger partial charge in [0, 0.05) is 26.5 Å². The van der Waals surface area contributed by atoms with Gasteiger partial charge >= 0.3 is 5.69 Å². The molecule has 34 heavy (non-hydrogen) atoms. The van der Waals surface area contributed by atoms with Crippen LogP contribution in [0.25, 0.3) is 22.5 Å². The molecule has 1 aromatic carbocycles. The van der Waals surface area contributed by atoms with E-state index in [1.807, 2.05) is 0 Å². The summed E-state index contributed by atoms with van der Waals surface area (Å²) in [6.07, 6.45) is 6.13. The van der Waals surface area contributed by atoms with Gasteiger partial charge in [-0.25, -0.2) is 18.9 Å². The van der Waals surface area contributed by atoms with Crippen molar-refractivity contribution in [3.8, 4) is 11.5 Å². The summed E-state index contributed by atoms with van der Waals surface area (Å²) in [5.74, 6) is -0.695. The number of rotatable bonds is 4. The molecule has 0 spiro atoms. The van der Waals surface area contributed by atoms with Gasteiger partial charge in [-0.3, -0.25) is 18.7 Å². The number of nitrogens with one attached hydrogen (secondary N) is 1. The van der Waals surface area contributed by atoms with Gasteiger partial charge in [0.15, 0.2) is 5.82 Å². The maximum atomic E-state index is 14.5. The zero-order chi connectivity index (χ0) is 24.0. The molecular weight excluding hydrogens is 441 g/mol. The fourth-order valence-electron chi connectivity index (χ4n) is 3.76. The number of pyridine rings is 1. The number of benzene rings is 1. The second-order valence-corrected chi connectivity index (χ2v) is 7.59. The molecule has 0 unspecified atom stereocenters. The number of carbonyl (C=O) groups excluding carboxylic acids is 1. The van der Waals surface area contributed by atoms with Gasteiger partial charge in [0.1, 0.15) is 22.7 Å². The van der Waals surface area contributed by atoms with Crippen LogP contribution in [0.2, 0.25) is 0 Å². The number of hydrogen-bond acceptors (Lipinski definition) is 5. The number of aryl methyl sites for hydroxylation is 1. The standard InChI is InChI=1S/C23H18FN7O3/c1-28-19-15(22(33)29(2)23(28)34)11-14(12-25-19)27-20(32)16-13-26-31(18-8-4-3-7-17(18)24)21(16)30-9-5-6-10-30/h3-13H,1-2H3,(H,27,32). The van der Waals surface area contributed by atoms with E-state index in [2.05, 4.69) is 15.4 Å². The van der Waals surface area contributed by atoms with Crippen LogP contribution >= 0.6 is 0 Å². The lowest BCUT2D eigenvalue weighted by molar-refractivity contribution is 0.102.